The largest absolute Gasteiger partial charge is 0.464 e. The van der Waals surface area contributed by atoms with E-state index in [1.807, 2.05) is 54.6 Å². The van der Waals surface area contributed by atoms with Gasteiger partial charge in [-0.25, -0.2) is 0 Å². The average Bonchev–Trinajstić information content (AvgIpc) is 3.50. The Bertz CT molecular complexity index is 1150. The van der Waals surface area contributed by atoms with E-state index in [0.29, 0.717) is 26.2 Å². The van der Waals surface area contributed by atoms with E-state index < -0.39 is 24.0 Å². The highest BCUT2D eigenvalue weighted by atomic mass is 16.5. The Morgan fingerprint density at radius 3 is 2.50 bits per heavy atom. The molecule has 3 aromatic rings. The van der Waals surface area contributed by atoms with Gasteiger partial charge < -0.3 is 19.9 Å². The molecule has 1 aliphatic heterocycles. The van der Waals surface area contributed by atoms with Crippen molar-refractivity contribution < 1.29 is 24.2 Å². The molecule has 3 N–H and O–H groups in total. The van der Waals surface area contributed by atoms with Crippen LogP contribution in [0.15, 0.2) is 60.8 Å². The summed E-state index contributed by atoms with van der Waals surface area (Å²) >= 11 is 0. The predicted molar refractivity (Wildman–Crippen MR) is 141 cm³/mol. The Labute approximate surface area is 222 Å². The predicted octanol–water partition coefficient (Wildman–Crippen LogP) is 2.08. The number of carbonyl (C=O) groups is 2. The van der Waals surface area contributed by atoms with Gasteiger partial charge in [0.25, 0.3) is 5.91 Å². The standard InChI is InChI=1S/C28H35N5O5/c1-28(20-34,27(36)38-16-13-33-11-14-37-15-12-33)18-24(30-26(35)25-19-29-32-31-25)17-21-7-9-23(10-8-21)22-5-3-2-4-6-22/h2-10,19,24,34H,11-18,20H2,1H3,(H,30,35)(H,29,31,32)/t24-,28?/m1/s1. The van der Waals surface area contributed by atoms with E-state index in [0.717, 1.165) is 29.8 Å². The van der Waals surface area contributed by atoms with Gasteiger partial charge in [-0.1, -0.05) is 59.8 Å². The lowest BCUT2D eigenvalue weighted by Crippen LogP contribution is -2.45. The van der Waals surface area contributed by atoms with Crippen LogP contribution < -0.4 is 5.32 Å². The normalized spacial score (nSPS) is 16.4. The fourth-order valence-electron chi connectivity index (χ4n) is 4.52. The molecule has 0 bridgehead atoms. The summed E-state index contributed by atoms with van der Waals surface area (Å²) < 4.78 is 10.9. The van der Waals surface area contributed by atoms with Crippen LogP contribution in [-0.2, 0) is 20.7 Å². The molecule has 1 amide bonds. The summed E-state index contributed by atoms with van der Waals surface area (Å²) in [6.07, 6.45) is 1.98. The van der Waals surface area contributed by atoms with E-state index in [1.165, 1.54) is 6.20 Å². The van der Waals surface area contributed by atoms with Gasteiger partial charge in [0.15, 0.2) is 0 Å². The van der Waals surface area contributed by atoms with Gasteiger partial charge in [-0.3, -0.25) is 19.6 Å². The molecule has 0 aliphatic carbocycles. The van der Waals surface area contributed by atoms with Gasteiger partial charge in [0, 0.05) is 25.7 Å². The van der Waals surface area contributed by atoms with Gasteiger partial charge in [0.1, 0.15) is 12.3 Å². The number of H-pyrrole nitrogens is 1. The Morgan fingerprint density at radius 2 is 1.84 bits per heavy atom. The first-order valence-electron chi connectivity index (χ1n) is 12.9. The van der Waals surface area contributed by atoms with Crippen LogP contribution in [0.1, 0.15) is 29.4 Å². The number of nitrogens with one attached hydrogen (secondary N) is 2. The van der Waals surface area contributed by atoms with Crippen LogP contribution in [-0.4, -0.2) is 89.4 Å². The number of aliphatic hydroxyl groups excluding tert-OH is 1. The second-order valence-electron chi connectivity index (χ2n) is 9.82. The molecule has 1 saturated heterocycles. The van der Waals surface area contributed by atoms with Crippen molar-refractivity contribution in [3.63, 3.8) is 0 Å². The second kappa shape index (κ2) is 13.3. The number of aromatic nitrogens is 3. The van der Waals surface area contributed by atoms with Crippen molar-refractivity contribution in [1.82, 2.24) is 25.6 Å². The summed E-state index contributed by atoms with van der Waals surface area (Å²) in [5.41, 5.74) is 2.21. The number of morpholine rings is 1. The third-order valence-corrected chi connectivity index (χ3v) is 6.82. The van der Waals surface area contributed by atoms with Crippen molar-refractivity contribution in [2.75, 3.05) is 46.1 Å². The number of ether oxygens (including phenoxy) is 2. The zero-order valence-electron chi connectivity index (χ0n) is 21.6. The Balaban J connectivity index is 1.43. The molecule has 10 heteroatoms. The monoisotopic (exact) mass is 521 g/mol. The van der Waals surface area contributed by atoms with Gasteiger partial charge >= 0.3 is 5.97 Å². The fourth-order valence-corrected chi connectivity index (χ4v) is 4.52. The summed E-state index contributed by atoms with van der Waals surface area (Å²) in [6.45, 7) is 5.03. The zero-order valence-corrected chi connectivity index (χ0v) is 21.6. The molecule has 2 aromatic carbocycles. The molecule has 0 radical (unpaired) electrons. The summed E-state index contributed by atoms with van der Waals surface area (Å²) in [5, 5.41) is 23.0. The number of esters is 1. The minimum absolute atomic E-state index is 0.188. The zero-order chi connectivity index (χ0) is 26.8. The summed E-state index contributed by atoms with van der Waals surface area (Å²) in [6, 6.07) is 17.7. The molecule has 38 heavy (non-hydrogen) atoms. The minimum atomic E-state index is -1.20. The first-order valence-corrected chi connectivity index (χ1v) is 12.9. The summed E-state index contributed by atoms with van der Waals surface area (Å²) in [4.78, 5) is 28.1. The van der Waals surface area contributed by atoms with Crippen LogP contribution in [0, 0.1) is 5.41 Å². The fraction of sp³-hybridized carbons (Fsp3) is 0.429. The first kappa shape index (κ1) is 27.4. The van der Waals surface area contributed by atoms with E-state index in [1.54, 1.807) is 6.92 Å². The van der Waals surface area contributed by atoms with Gasteiger partial charge in [-0.05, 0) is 36.5 Å². The highest BCUT2D eigenvalue weighted by Crippen LogP contribution is 2.27. The molecule has 2 heterocycles. The quantitative estimate of drug-likeness (QED) is 0.309. The average molecular weight is 522 g/mol. The maximum absolute atomic E-state index is 13.1. The van der Waals surface area contributed by atoms with E-state index in [-0.39, 0.29) is 24.6 Å². The molecule has 0 saturated carbocycles. The molecular weight excluding hydrogens is 486 g/mol. The molecule has 1 aromatic heterocycles. The number of nitrogens with zero attached hydrogens (tertiary/aromatic N) is 3. The Morgan fingerprint density at radius 1 is 1.13 bits per heavy atom. The van der Waals surface area contributed by atoms with Crippen molar-refractivity contribution in [3.05, 3.63) is 72.1 Å². The molecule has 4 rings (SSSR count). The number of benzene rings is 2. The lowest BCUT2D eigenvalue weighted by Gasteiger charge is -2.31. The van der Waals surface area contributed by atoms with E-state index in [4.69, 9.17) is 9.47 Å². The highest BCUT2D eigenvalue weighted by Gasteiger charge is 2.37. The van der Waals surface area contributed by atoms with Crippen LogP contribution in [0.4, 0.5) is 0 Å². The highest BCUT2D eigenvalue weighted by molar-refractivity contribution is 5.92. The molecule has 10 nitrogen and oxygen atoms in total. The molecule has 1 unspecified atom stereocenters. The number of amides is 1. The van der Waals surface area contributed by atoms with Crippen molar-refractivity contribution in [2.45, 2.75) is 25.8 Å². The van der Waals surface area contributed by atoms with E-state index >= 15 is 0 Å². The molecule has 202 valence electrons. The summed E-state index contributed by atoms with van der Waals surface area (Å²) in [5.74, 6) is -0.878. The van der Waals surface area contributed by atoms with Crippen molar-refractivity contribution in [2.24, 2.45) is 5.41 Å². The third kappa shape index (κ3) is 7.47. The smallest absolute Gasteiger partial charge is 0.314 e. The van der Waals surface area contributed by atoms with Gasteiger partial charge in [-0.15, -0.1) is 5.10 Å². The number of aliphatic hydroxyl groups is 1. The molecule has 2 atom stereocenters. The van der Waals surface area contributed by atoms with Gasteiger partial charge in [-0.2, -0.15) is 0 Å². The van der Waals surface area contributed by atoms with Crippen LogP contribution >= 0.6 is 0 Å². The Hall–Kier alpha value is -3.60. The van der Waals surface area contributed by atoms with E-state index in [9.17, 15) is 14.7 Å². The number of aromatic amines is 1. The van der Waals surface area contributed by atoms with Crippen LogP contribution in [0.3, 0.4) is 0 Å². The van der Waals surface area contributed by atoms with Gasteiger partial charge in [0.05, 0.1) is 31.4 Å². The second-order valence-corrected chi connectivity index (χ2v) is 9.82. The number of hydrogen-bond donors (Lipinski definition) is 3. The van der Waals surface area contributed by atoms with Crippen molar-refractivity contribution >= 4 is 11.9 Å². The number of rotatable bonds is 12. The van der Waals surface area contributed by atoms with Crippen LogP contribution in [0.25, 0.3) is 11.1 Å². The lowest BCUT2D eigenvalue weighted by molar-refractivity contribution is -0.159. The van der Waals surface area contributed by atoms with E-state index in [2.05, 4.69) is 25.6 Å². The molecule has 0 spiro atoms. The topological polar surface area (TPSA) is 130 Å². The molecular formula is C28H35N5O5. The van der Waals surface area contributed by atoms with Crippen LogP contribution in [0.5, 0.6) is 0 Å². The summed E-state index contributed by atoms with van der Waals surface area (Å²) in [7, 11) is 0. The van der Waals surface area contributed by atoms with Crippen molar-refractivity contribution in [1.29, 1.82) is 0 Å². The molecule has 1 aliphatic rings. The van der Waals surface area contributed by atoms with Crippen molar-refractivity contribution in [3.8, 4) is 11.1 Å². The SMILES string of the molecule is CC(CO)(C[C@@H](Cc1ccc(-c2ccccc2)cc1)NC(=O)c1cnn[nH]1)C(=O)OCCN1CCOCC1. The van der Waals surface area contributed by atoms with Crippen LogP contribution in [0.2, 0.25) is 0 Å². The maximum atomic E-state index is 13.1. The number of carbonyl (C=O) groups excluding carboxylic acids is 2. The first-order chi connectivity index (χ1) is 18.5. The number of hydrogen-bond acceptors (Lipinski definition) is 8. The van der Waals surface area contributed by atoms with Gasteiger partial charge in [0.2, 0.25) is 0 Å². The lowest BCUT2D eigenvalue weighted by atomic mass is 9.82. The Kier molecular flexibility index (Phi) is 9.58. The third-order valence-electron chi connectivity index (χ3n) is 6.82. The minimum Gasteiger partial charge on any atom is -0.464 e. The molecule has 1 fully saturated rings. The maximum Gasteiger partial charge on any atom is 0.314 e.